The van der Waals surface area contributed by atoms with Gasteiger partial charge in [-0.25, -0.2) is 8.42 Å². The molecule has 0 radical (unpaired) electrons. The molecule has 5 rings (SSSR count). The number of fused-ring (bicyclic) bond motifs is 3. The third kappa shape index (κ3) is 4.58. The lowest BCUT2D eigenvalue weighted by atomic mass is 10.1. The molecule has 0 saturated carbocycles. The number of rotatable bonds is 6. The van der Waals surface area contributed by atoms with E-state index in [-0.39, 0.29) is 11.5 Å². The van der Waals surface area contributed by atoms with Crippen molar-refractivity contribution in [3.05, 3.63) is 83.4 Å². The van der Waals surface area contributed by atoms with Crippen molar-refractivity contribution in [3.63, 3.8) is 0 Å². The van der Waals surface area contributed by atoms with E-state index in [2.05, 4.69) is 10.5 Å². The fourth-order valence-electron chi connectivity index (χ4n) is 4.33. The van der Waals surface area contributed by atoms with Crippen LogP contribution in [0.4, 0.5) is 5.69 Å². The van der Waals surface area contributed by atoms with Gasteiger partial charge in [0, 0.05) is 29.9 Å². The molecule has 1 heterocycles. The lowest BCUT2D eigenvalue weighted by Crippen LogP contribution is -2.40. The number of amides is 1. The van der Waals surface area contributed by atoms with E-state index in [1.807, 2.05) is 48.5 Å². The maximum absolute atomic E-state index is 13.1. The van der Waals surface area contributed by atoms with E-state index in [4.69, 9.17) is 9.57 Å². The standard InChI is InChI=1S/C26H25N3O5S/c1-18-10-11-19(16-24(18)35(31,32)29-12-14-33-15-13-29)27-25(30)17-34-28-26-22-8-4-2-6-20(22)21-7-3-5-9-23(21)26/h2-11,16H,12-15,17H2,1H3,(H,27,30). The van der Waals surface area contributed by atoms with Crippen molar-refractivity contribution < 1.29 is 22.8 Å². The van der Waals surface area contributed by atoms with Crippen LogP contribution in [-0.4, -0.2) is 57.3 Å². The van der Waals surface area contributed by atoms with E-state index >= 15 is 0 Å². The molecule has 3 aromatic rings. The smallest absolute Gasteiger partial charge is 0.265 e. The first-order chi connectivity index (χ1) is 16.9. The maximum atomic E-state index is 13.1. The summed E-state index contributed by atoms with van der Waals surface area (Å²) in [4.78, 5) is 18.1. The minimum absolute atomic E-state index is 0.164. The van der Waals surface area contributed by atoms with E-state index < -0.39 is 15.9 Å². The Balaban J connectivity index is 1.29. The van der Waals surface area contributed by atoms with E-state index in [1.54, 1.807) is 19.1 Å². The summed E-state index contributed by atoms with van der Waals surface area (Å²) in [5, 5.41) is 6.97. The van der Waals surface area contributed by atoms with Crippen LogP contribution in [0.1, 0.15) is 16.7 Å². The summed E-state index contributed by atoms with van der Waals surface area (Å²) in [5.41, 5.74) is 5.71. The molecule has 1 aliphatic heterocycles. The number of carbonyl (C=O) groups excluding carboxylic acids is 1. The molecule has 35 heavy (non-hydrogen) atoms. The molecule has 0 atom stereocenters. The Morgan fingerprint density at radius 1 is 0.971 bits per heavy atom. The van der Waals surface area contributed by atoms with Gasteiger partial charge in [0.25, 0.3) is 5.91 Å². The van der Waals surface area contributed by atoms with Crippen LogP contribution in [0.3, 0.4) is 0 Å². The Kier molecular flexibility index (Phi) is 6.38. The second kappa shape index (κ2) is 9.61. The number of carbonyl (C=O) groups is 1. The fourth-order valence-corrected chi connectivity index (χ4v) is 5.99. The summed E-state index contributed by atoms with van der Waals surface area (Å²) >= 11 is 0. The Hall–Kier alpha value is -3.53. The molecule has 1 aliphatic carbocycles. The van der Waals surface area contributed by atoms with Gasteiger partial charge < -0.3 is 14.9 Å². The Morgan fingerprint density at radius 3 is 2.20 bits per heavy atom. The first-order valence-electron chi connectivity index (χ1n) is 11.3. The number of benzene rings is 3. The molecule has 9 heteroatoms. The largest absolute Gasteiger partial charge is 0.385 e. The summed E-state index contributed by atoms with van der Waals surface area (Å²) in [7, 11) is -3.69. The minimum atomic E-state index is -3.69. The molecule has 0 aromatic heterocycles. The number of sulfonamides is 1. The lowest BCUT2D eigenvalue weighted by molar-refractivity contribution is -0.120. The fraction of sp³-hybridized carbons (Fsp3) is 0.231. The number of aryl methyl sites for hydroxylation is 1. The number of oxime groups is 1. The van der Waals surface area contributed by atoms with Crippen molar-refractivity contribution in [1.29, 1.82) is 0 Å². The van der Waals surface area contributed by atoms with E-state index in [9.17, 15) is 13.2 Å². The van der Waals surface area contributed by atoms with Crippen molar-refractivity contribution in [2.75, 3.05) is 38.2 Å². The second-order valence-corrected chi connectivity index (χ2v) is 10.3. The summed E-state index contributed by atoms with van der Waals surface area (Å²) in [6.45, 7) is 2.76. The van der Waals surface area contributed by atoms with Gasteiger partial charge in [0.2, 0.25) is 10.0 Å². The summed E-state index contributed by atoms with van der Waals surface area (Å²) in [5.74, 6) is -0.438. The highest BCUT2D eigenvalue weighted by Crippen LogP contribution is 2.36. The van der Waals surface area contributed by atoms with Gasteiger partial charge >= 0.3 is 0 Å². The Morgan fingerprint density at radius 2 is 1.57 bits per heavy atom. The van der Waals surface area contributed by atoms with Gasteiger partial charge in [0.1, 0.15) is 5.71 Å². The average molecular weight is 492 g/mol. The topological polar surface area (TPSA) is 97.3 Å². The molecule has 1 amide bonds. The highest BCUT2D eigenvalue weighted by Gasteiger charge is 2.28. The van der Waals surface area contributed by atoms with Gasteiger partial charge in [0.15, 0.2) is 6.61 Å². The normalized spacial score (nSPS) is 15.3. The zero-order valence-electron chi connectivity index (χ0n) is 19.2. The predicted molar refractivity (Wildman–Crippen MR) is 133 cm³/mol. The lowest BCUT2D eigenvalue weighted by Gasteiger charge is -2.26. The zero-order valence-corrected chi connectivity index (χ0v) is 20.0. The molecule has 180 valence electrons. The molecule has 3 aromatic carbocycles. The molecule has 2 aliphatic rings. The Labute approximate surface area is 204 Å². The molecule has 0 spiro atoms. The first-order valence-corrected chi connectivity index (χ1v) is 12.8. The van der Waals surface area contributed by atoms with Gasteiger partial charge in [-0.3, -0.25) is 4.79 Å². The van der Waals surface area contributed by atoms with E-state index in [1.165, 1.54) is 10.4 Å². The highest BCUT2D eigenvalue weighted by molar-refractivity contribution is 7.89. The van der Waals surface area contributed by atoms with Crippen molar-refractivity contribution in [1.82, 2.24) is 4.31 Å². The monoisotopic (exact) mass is 491 g/mol. The molecular formula is C26H25N3O5S. The molecule has 0 bridgehead atoms. The minimum Gasteiger partial charge on any atom is -0.385 e. The molecular weight excluding hydrogens is 466 g/mol. The predicted octanol–water partition coefficient (Wildman–Crippen LogP) is 3.40. The van der Waals surface area contributed by atoms with Crippen molar-refractivity contribution in [2.45, 2.75) is 11.8 Å². The van der Waals surface area contributed by atoms with Crippen LogP contribution in [0, 0.1) is 6.92 Å². The van der Waals surface area contributed by atoms with Crippen LogP contribution in [0.25, 0.3) is 11.1 Å². The van der Waals surface area contributed by atoms with Gasteiger partial charge in [-0.1, -0.05) is 59.8 Å². The zero-order chi connectivity index (χ0) is 24.4. The van der Waals surface area contributed by atoms with Crippen molar-refractivity contribution >= 4 is 27.3 Å². The summed E-state index contributed by atoms with van der Waals surface area (Å²) in [6, 6.07) is 20.7. The van der Waals surface area contributed by atoms with E-state index in [0.29, 0.717) is 43.3 Å². The molecule has 1 N–H and O–H groups in total. The van der Waals surface area contributed by atoms with Crippen LogP contribution in [0.15, 0.2) is 76.8 Å². The average Bonchev–Trinajstić information content (AvgIpc) is 3.19. The molecule has 1 saturated heterocycles. The third-order valence-electron chi connectivity index (χ3n) is 6.07. The maximum Gasteiger partial charge on any atom is 0.265 e. The number of nitrogens with zero attached hydrogens (tertiary/aromatic N) is 2. The van der Waals surface area contributed by atoms with Crippen LogP contribution >= 0.6 is 0 Å². The van der Waals surface area contributed by atoms with Gasteiger partial charge in [0.05, 0.1) is 18.1 Å². The van der Waals surface area contributed by atoms with Gasteiger partial charge in [-0.15, -0.1) is 0 Å². The van der Waals surface area contributed by atoms with Crippen LogP contribution < -0.4 is 5.32 Å². The van der Waals surface area contributed by atoms with E-state index in [0.717, 1.165) is 22.3 Å². The molecule has 8 nitrogen and oxygen atoms in total. The quantitative estimate of drug-likeness (QED) is 0.417. The number of ether oxygens (including phenoxy) is 1. The number of morpholine rings is 1. The summed E-state index contributed by atoms with van der Waals surface area (Å²) < 4.78 is 32.8. The van der Waals surface area contributed by atoms with Crippen LogP contribution in [0.5, 0.6) is 0 Å². The van der Waals surface area contributed by atoms with Crippen molar-refractivity contribution in [3.8, 4) is 11.1 Å². The van der Waals surface area contributed by atoms with Crippen molar-refractivity contribution in [2.24, 2.45) is 5.16 Å². The first kappa shape index (κ1) is 23.2. The van der Waals surface area contributed by atoms with Gasteiger partial charge in [-0.2, -0.15) is 4.31 Å². The molecule has 1 fully saturated rings. The summed E-state index contributed by atoms with van der Waals surface area (Å²) in [6.07, 6.45) is 0. The van der Waals surface area contributed by atoms with Crippen LogP contribution in [-0.2, 0) is 24.4 Å². The number of anilines is 1. The van der Waals surface area contributed by atoms with Gasteiger partial charge in [-0.05, 0) is 35.7 Å². The highest BCUT2D eigenvalue weighted by atomic mass is 32.2. The third-order valence-corrected chi connectivity index (χ3v) is 8.11. The Bertz CT molecular complexity index is 1360. The molecule has 0 unspecified atom stereocenters. The number of hydrogen-bond donors (Lipinski definition) is 1. The SMILES string of the molecule is Cc1ccc(NC(=O)CON=C2c3ccccc3-c3ccccc32)cc1S(=O)(=O)N1CCOCC1. The second-order valence-electron chi connectivity index (χ2n) is 8.35. The van der Waals surface area contributed by atoms with Crippen LogP contribution in [0.2, 0.25) is 0 Å². The number of hydrogen-bond acceptors (Lipinski definition) is 6. The number of nitrogens with one attached hydrogen (secondary N) is 1.